The molecular formula is C19H20N4OS. The summed E-state index contributed by atoms with van der Waals surface area (Å²) in [5.74, 6) is 1.73. The average Bonchev–Trinajstić information content (AvgIpc) is 3.36. The monoisotopic (exact) mass is 352 g/mol. The van der Waals surface area contributed by atoms with Crippen molar-refractivity contribution in [2.24, 2.45) is 5.92 Å². The summed E-state index contributed by atoms with van der Waals surface area (Å²) in [6.07, 6.45) is 5.96. The van der Waals surface area contributed by atoms with E-state index in [0.717, 1.165) is 47.9 Å². The van der Waals surface area contributed by atoms with Gasteiger partial charge < -0.3 is 5.32 Å². The Morgan fingerprint density at radius 3 is 2.76 bits per heavy atom. The highest BCUT2D eigenvalue weighted by Crippen LogP contribution is 2.29. The molecule has 3 aromatic rings. The zero-order valence-corrected chi connectivity index (χ0v) is 14.9. The Balaban J connectivity index is 1.61. The summed E-state index contributed by atoms with van der Waals surface area (Å²) in [4.78, 5) is 21.6. The van der Waals surface area contributed by atoms with E-state index in [9.17, 15) is 4.79 Å². The van der Waals surface area contributed by atoms with Crippen molar-refractivity contribution in [2.45, 2.75) is 32.6 Å². The number of thiazole rings is 1. The van der Waals surface area contributed by atoms with E-state index in [2.05, 4.69) is 10.3 Å². The van der Waals surface area contributed by atoms with Crippen LogP contribution in [0.5, 0.6) is 0 Å². The van der Waals surface area contributed by atoms with Crippen LogP contribution in [0.1, 0.15) is 31.5 Å². The first-order valence-corrected chi connectivity index (χ1v) is 9.47. The van der Waals surface area contributed by atoms with Crippen LogP contribution in [0.3, 0.4) is 0 Å². The molecule has 0 aliphatic heterocycles. The van der Waals surface area contributed by atoms with Crippen molar-refractivity contribution in [3.8, 4) is 16.4 Å². The van der Waals surface area contributed by atoms with Gasteiger partial charge in [-0.05, 0) is 19.8 Å². The summed E-state index contributed by atoms with van der Waals surface area (Å²) in [6.45, 7) is 1.93. The molecular weight excluding hydrogens is 332 g/mol. The van der Waals surface area contributed by atoms with Crippen molar-refractivity contribution >= 4 is 23.1 Å². The fraction of sp³-hybridized carbons (Fsp3) is 0.316. The maximum Gasteiger partial charge on any atom is 0.228 e. The highest BCUT2D eigenvalue weighted by atomic mass is 32.1. The number of nitrogens with zero attached hydrogens (tertiary/aromatic N) is 3. The van der Waals surface area contributed by atoms with Crippen molar-refractivity contribution in [1.29, 1.82) is 0 Å². The van der Waals surface area contributed by atoms with Crippen molar-refractivity contribution < 1.29 is 4.79 Å². The van der Waals surface area contributed by atoms with Gasteiger partial charge in [0, 0.05) is 16.9 Å². The number of aromatic nitrogens is 3. The van der Waals surface area contributed by atoms with Gasteiger partial charge >= 0.3 is 0 Å². The van der Waals surface area contributed by atoms with Gasteiger partial charge in [-0.2, -0.15) is 0 Å². The van der Waals surface area contributed by atoms with Crippen molar-refractivity contribution in [1.82, 2.24) is 14.5 Å². The van der Waals surface area contributed by atoms with Gasteiger partial charge in [0.2, 0.25) is 5.91 Å². The van der Waals surface area contributed by atoms with E-state index in [1.165, 1.54) is 0 Å². The van der Waals surface area contributed by atoms with E-state index in [-0.39, 0.29) is 11.8 Å². The lowest BCUT2D eigenvalue weighted by Crippen LogP contribution is -2.22. The van der Waals surface area contributed by atoms with Gasteiger partial charge in [-0.15, -0.1) is 11.3 Å². The normalized spacial score (nSPS) is 14.8. The zero-order valence-electron chi connectivity index (χ0n) is 14.1. The van der Waals surface area contributed by atoms with Gasteiger partial charge in [0.1, 0.15) is 11.6 Å². The molecule has 1 aliphatic rings. The number of hydrogen-bond donors (Lipinski definition) is 1. The molecule has 1 fully saturated rings. The molecule has 1 aliphatic carbocycles. The zero-order chi connectivity index (χ0) is 17.2. The molecule has 1 saturated carbocycles. The number of hydrogen-bond acceptors (Lipinski definition) is 4. The van der Waals surface area contributed by atoms with Crippen LogP contribution in [0.4, 0.5) is 5.82 Å². The fourth-order valence-electron chi connectivity index (χ4n) is 3.30. The van der Waals surface area contributed by atoms with Crippen LogP contribution in [0, 0.1) is 12.8 Å². The molecule has 25 heavy (non-hydrogen) atoms. The van der Waals surface area contributed by atoms with Gasteiger partial charge in [-0.1, -0.05) is 43.2 Å². The molecule has 0 unspecified atom stereocenters. The number of carbonyl (C=O) groups excluding carboxylic acids is 1. The molecule has 1 aromatic carbocycles. The van der Waals surface area contributed by atoms with Gasteiger partial charge in [-0.25, -0.2) is 9.97 Å². The third-order valence-corrected chi connectivity index (χ3v) is 5.49. The summed E-state index contributed by atoms with van der Waals surface area (Å²) < 4.78 is 1.92. The molecule has 6 heteroatoms. The summed E-state index contributed by atoms with van der Waals surface area (Å²) >= 11 is 1.55. The lowest BCUT2D eigenvalue weighted by atomic mass is 10.1. The number of nitrogens with one attached hydrogen (secondary N) is 1. The van der Waals surface area contributed by atoms with Gasteiger partial charge in [0.25, 0.3) is 0 Å². The van der Waals surface area contributed by atoms with E-state index < -0.39 is 0 Å². The first kappa shape index (κ1) is 16.0. The van der Waals surface area contributed by atoms with Crippen molar-refractivity contribution in [2.75, 3.05) is 5.32 Å². The summed E-state index contributed by atoms with van der Waals surface area (Å²) in [5, 5.41) is 5.90. The third kappa shape index (κ3) is 3.22. The van der Waals surface area contributed by atoms with E-state index in [0.29, 0.717) is 5.82 Å². The molecule has 128 valence electrons. The minimum atomic E-state index is 0.0958. The van der Waals surface area contributed by atoms with Crippen LogP contribution in [0.2, 0.25) is 0 Å². The van der Waals surface area contributed by atoms with Crippen LogP contribution in [0.25, 0.3) is 16.4 Å². The molecule has 4 rings (SSSR count). The molecule has 0 saturated heterocycles. The molecule has 5 nitrogen and oxygen atoms in total. The number of aryl methyl sites for hydroxylation is 1. The summed E-state index contributed by atoms with van der Waals surface area (Å²) in [5.41, 5.74) is 2.01. The van der Waals surface area contributed by atoms with E-state index in [1.54, 1.807) is 17.5 Å². The van der Waals surface area contributed by atoms with E-state index in [4.69, 9.17) is 4.98 Å². The smallest absolute Gasteiger partial charge is 0.228 e. The van der Waals surface area contributed by atoms with Crippen molar-refractivity contribution in [3.63, 3.8) is 0 Å². The molecule has 0 spiro atoms. The van der Waals surface area contributed by atoms with Crippen LogP contribution >= 0.6 is 11.3 Å². The Labute approximate surface area is 150 Å². The van der Waals surface area contributed by atoms with E-state index in [1.807, 2.05) is 47.2 Å². The third-order valence-electron chi connectivity index (χ3n) is 4.67. The predicted molar refractivity (Wildman–Crippen MR) is 100.0 cm³/mol. The topological polar surface area (TPSA) is 59.8 Å². The first-order valence-electron chi connectivity index (χ1n) is 8.59. The number of carbonyl (C=O) groups is 1. The van der Waals surface area contributed by atoms with Crippen LogP contribution in [-0.2, 0) is 4.79 Å². The molecule has 0 atom stereocenters. The standard InChI is InChI=1S/C19H20N4OS/c1-13-20-11-17(22-18(24)15-9-5-6-10-15)23(13)19-21-16(12-25-19)14-7-3-2-4-8-14/h2-4,7-8,11-12,15H,5-6,9-10H2,1H3,(H,22,24). The maximum atomic E-state index is 12.5. The Bertz CT molecular complexity index is 878. The largest absolute Gasteiger partial charge is 0.310 e. The minimum Gasteiger partial charge on any atom is -0.310 e. The molecule has 0 bridgehead atoms. The Morgan fingerprint density at radius 1 is 1.24 bits per heavy atom. The molecule has 2 aromatic heterocycles. The number of rotatable bonds is 4. The maximum absolute atomic E-state index is 12.5. The molecule has 2 heterocycles. The van der Waals surface area contributed by atoms with Gasteiger partial charge in [-0.3, -0.25) is 9.36 Å². The molecule has 1 amide bonds. The lowest BCUT2D eigenvalue weighted by molar-refractivity contribution is -0.119. The quantitative estimate of drug-likeness (QED) is 0.755. The fourth-order valence-corrected chi connectivity index (χ4v) is 4.19. The lowest BCUT2D eigenvalue weighted by Gasteiger charge is -2.12. The first-order chi connectivity index (χ1) is 12.2. The molecule has 0 radical (unpaired) electrons. The second-order valence-electron chi connectivity index (χ2n) is 6.38. The van der Waals surface area contributed by atoms with E-state index >= 15 is 0 Å². The number of amides is 1. The number of benzene rings is 1. The Hall–Kier alpha value is -2.47. The Kier molecular flexibility index (Phi) is 4.36. The average molecular weight is 352 g/mol. The minimum absolute atomic E-state index is 0.0958. The second kappa shape index (κ2) is 6.80. The van der Waals surface area contributed by atoms with Gasteiger partial charge in [0.05, 0.1) is 11.9 Å². The Morgan fingerprint density at radius 2 is 2.00 bits per heavy atom. The highest BCUT2D eigenvalue weighted by molar-refractivity contribution is 7.12. The SMILES string of the molecule is Cc1ncc(NC(=O)C2CCCC2)n1-c1nc(-c2ccccc2)cs1. The molecule has 1 N–H and O–H groups in total. The summed E-state index contributed by atoms with van der Waals surface area (Å²) in [6, 6.07) is 10.1. The van der Waals surface area contributed by atoms with Gasteiger partial charge in [0.15, 0.2) is 5.13 Å². The number of anilines is 1. The predicted octanol–water partition coefficient (Wildman–Crippen LogP) is 4.43. The van der Waals surface area contributed by atoms with Crippen LogP contribution in [-0.4, -0.2) is 20.4 Å². The highest BCUT2D eigenvalue weighted by Gasteiger charge is 2.24. The number of imidazole rings is 1. The summed E-state index contributed by atoms with van der Waals surface area (Å²) in [7, 11) is 0. The second-order valence-corrected chi connectivity index (χ2v) is 7.21. The van der Waals surface area contributed by atoms with Crippen molar-refractivity contribution in [3.05, 3.63) is 47.7 Å². The van der Waals surface area contributed by atoms with Crippen LogP contribution in [0.15, 0.2) is 41.9 Å². The van der Waals surface area contributed by atoms with Crippen LogP contribution < -0.4 is 5.32 Å².